The third-order valence-electron chi connectivity index (χ3n) is 4.61. The second-order valence-corrected chi connectivity index (χ2v) is 6.70. The van der Waals surface area contributed by atoms with Gasteiger partial charge < -0.3 is 20.9 Å². The number of likely N-dealkylation sites (N-methyl/N-ethyl adjacent to an activating group) is 1. The van der Waals surface area contributed by atoms with Gasteiger partial charge in [0.05, 0.1) is 12.3 Å². The van der Waals surface area contributed by atoms with Crippen molar-refractivity contribution >= 4 is 42.3 Å². The van der Waals surface area contributed by atoms with Gasteiger partial charge in [0, 0.05) is 37.9 Å². The number of nitrogens with one attached hydrogen (secondary N) is 1. The number of carbonyl (C=O) groups is 2. The van der Waals surface area contributed by atoms with Crippen molar-refractivity contribution in [3.63, 3.8) is 0 Å². The molecule has 3 N–H and O–H groups in total. The summed E-state index contributed by atoms with van der Waals surface area (Å²) in [4.78, 5) is 28.6. The van der Waals surface area contributed by atoms with Gasteiger partial charge in [-0.2, -0.15) is 0 Å². The molecule has 0 bridgehead atoms. The van der Waals surface area contributed by atoms with Crippen LogP contribution in [0.1, 0.15) is 19.4 Å². The van der Waals surface area contributed by atoms with Crippen LogP contribution in [0.25, 0.3) is 0 Å². The highest BCUT2D eigenvalue weighted by atomic mass is 35.5. The summed E-state index contributed by atoms with van der Waals surface area (Å²) in [5.74, 6) is -0.233. The number of piperazine rings is 1. The van der Waals surface area contributed by atoms with Crippen LogP contribution < -0.4 is 11.1 Å². The monoisotopic (exact) mass is 404 g/mol. The van der Waals surface area contributed by atoms with Crippen molar-refractivity contribution in [2.75, 3.05) is 38.5 Å². The number of anilines is 1. The molecule has 6 nitrogen and oxygen atoms in total. The molecule has 0 aliphatic carbocycles. The molecule has 1 aliphatic rings. The van der Waals surface area contributed by atoms with Crippen molar-refractivity contribution in [2.45, 2.75) is 26.3 Å². The SMILES string of the molecule is CC(N)C(C)C(=O)Nc1cccc(CC(=O)N2CCN(C)CC2)c1.Cl.Cl. The first-order valence-corrected chi connectivity index (χ1v) is 8.48. The lowest BCUT2D eigenvalue weighted by Gasteiger charge is -2.32. The standard InChI is InChI=1S/C18H28N4O2.2ClH/c1-13(14(2)19)18(24)20-16-6-4-5-15(11-16)12-17(23)22-9-7-21(3)8-10-22;;/h4-6,11,13-14H,7-10,12,19H2,1-3H3,(H,20,24);2*1H. The Hall–Kier alpha value is -1.34. The van der Waals surface area contributed by atoms with E-state index < -0.39 is 0 Å². The summed E-state index contributed by atoms with van der Waals surface area (Å²) in [5, 5.41) is 2.87. The van der Waals surface area contributed by atoms with Crippen molar-refractivity contribution in [3.8, 4) is 0 Å². The normalized spacial score (nSPS) is 16.7. The molecule has 2 unspecified atom stereocenters. The molecule has 1 aromatic carbocycles. The number of nitrogens with two attached hydrogens (primary N) is 1. The molecule has 1 fully saturated rings. The van der Waals surface area contributed by atoms with E-state index in [9.17, 15) is 9.59 Å². The van der Waals surface area contributed by atoms with E-state index >= 15 is 0 Å². The second kappa shape index (κ2) is 11.4. The lowest BCUT2D eigenvalue weighted by molar-refractivity contribution is -0.132. The van der Waals surface area contributed by atoms with Gasteiger partial charge in [0.2, 0.25) is 11.8 Å². The van der Waals surface area contributed by atoms with Gasteiger partial charge in [-0.05, 0) is 31.7 Å². The molecule has 26 heavy (non-hydrogen) atoms. The second-order valence-electron chi connectivity index (χ2n) is 6.70. The van der Waals surface area contributed by atoms with Crippen LogP contribution in [0.3, 0.4) is 0 Å². The molecule has 0 spiro atoms. The fourth-order valence-electron chi connectivity index (χ4n) is 2.60. The van der Waals surface area contributed by atoms with Crippen LogP contribution in [0, 0.1) is 5.92 Å². The van der Waals surface area contributed by atoms with Crippen molar-refractivity contribution in [1.29, 1.82) is 0 Å². The summed E-state index contributed by atoms with van der Waals surface area (Å²) < 4.78 is 0. The summed E-state index contributed by atoms with van der Waals surface area (Å²) in [7, 11) is 2.07. The van der Waals surface area contributed by atoms with Crippen LogP contribution in [-0.4, -0.2) is 60.9 Å². The van der Waals surface area contributed by atoms with Crippen LogP contribution in [0.2, 0.25) is 0 Å². The van der Waals surface area contributed by atoms with Crippen molar-refractivity contribution in [1.82, 2.24) is 9.80 Å². The van der Waals surface area contributed by atoms with Gasteiger partial charge in [-0.1, -0.05) is 19.1 Å². The summed E-state index contributed by atoms with van der Waals surface area (Å²) in [6.45, 7) is 7.00. The molecule has 0 aromatic heterocycles. The Labute approximate surface area is 168 Å². The number of nitrogens with zero attached hydrogens (tertiary/aromatic N) is 2. The molecule has 2 rings (SSSR count). The average molecular weight is 405 g/mol. The maximum absolute atomic E-state index is 12.4. The van der Waals surface area contributed by atoms with Gasteiger partial charge in [0.25, 0.3) is 0 Å². The molecule has 2 amide bonds. The molecular weight excluding hydrogens is 375 g/mol. The van der Waals surface area contributed by atoms with Crippen LogP contribution in [-0.2, 0) is 16.0 Å². The lowest BCUT2D eigenvalue weighted by atomic mass is 10.0. The predicted octanol–water partition coefficient (Wildman–Crippen LogP) is 1.77. The molecule has 2 atom stereocenters. The molecule has 0 radical (unpaired) electrons. The number of amides is 2. The Kier molecular flexibility index (Phi) is 10.8. The summed E-state index contributed by atoms with van der Waals surface area (Å²) in [5.41, 5.74) is 7.38. The van der Waals surface area contributed by atoms with Gasteiger partial charge in [0.1, 0.15) is 0 Å². The van der Waals surface area contributed by atoms with E-state index in [1.54, 1.807) is 6.92 Å². The first-order chi connectivity index (χ1) is 11.4. The van der Waals surface area contributed by atoms with E-state index in [4.69, 9.17) is 5.73 Å². The number of benzene rings is 1. The maximum atomic E-state index is 12.4. The highest BCUT2D eigenvalue weighted by molar-refractivity contribution is 5.93. The summed E-state index contributed by atoms with van der Waals surface area (Å²) in [6.07, 6.45) is 0.357. The zero-order valence-electron chi connectivity index (χ0n) is 15.6. The van der Waals surface area contributed by atoms with Gasteiger partial charge in [-0.3, -0.25) is 9.59 Å². The van der Waals surface area contributed by atoms with Crippen molar-refractivity contribution in [2.24, 2.45) is 11.7 Å². The van der Waals surface area contributed by atoms with Gasteiger partial charge in [-0.15, -0.1) is 24.8 Å². The number of halogens is 2. The van der Waals surface area contributed by atoms with Crippen LogP contribution in [0.4, 0.5) is 5.69 Å². The maximum Gasteiger partial charge on any atom is 0.228 e. The molecule has 1 aromatic rings. The highest BCUT2D eigenvalue weighted by Crippen LogP contribution is 2.14. The Morgan fingerprint density at radius 1 is 1.15 bits per heavy atom. The summed E-state index contributed by atoms with van der Waals surface area (Å²) in [6, 6.07) is 7.26. The van der Waals surface area contributed by atoms with E-state index in [0.29, 0.717) is 12.1 Å². The van der Waals surface area contributed by atoms with Gasteiger partial charge in [0.15, 0.2) is 0 Å². The molecule has 0 saturated carbocycles. The van der Waals surface area contributed by atoms with Crippen molar-refractivity contribution < 1.29 is 9.59 Å². The van der Waals surface area contributed by atoms with E-state index in [2.05, 4.69) is 17.3 Å². The van der Waals surface area contributed by atoms with Gasteiger partial charge >= 0.3 is 0 Å². The Balaban J connectivity index is 0.00000312. The van der Waals surface area contributed by atoms with E-state index in [0.717, 1.165) is 31.7 Å². The molecule has 1 heterocycles. The minimum atomic E-state index is -0.263. The topological polar surface area (TPSA) is 78.7 Å². The zero-order chi connectivity index (χ0) is 17.7. The minimum absolute atomic E-state index is 0. The van der Waals surface area contributed by atoms with E-state index in [-0.39, 0.29) is 48.6 Å². The average Bonchev–Trinajstić information content (AvgIpc) is 2.54. The molecular formula is C18H30Cl2N4O2. The van der Waals surface area contributed by atoms with E-state index in [1.165, 1.54) is 0 Å². The first-order valence-electron chi connectivity index (χ1n) is 8.48. The van der Waals surface area contributed by atoms with Gasteiger partial charge in [-0.25, -0.2) is 0 Å². The summed E-state index contributed by atoms with van der Waals surface area (Å²) >= 11 is 0. The number of hydrogen-bond donors (Lipinski definition) is 2. The minimum Gasteiger partial charge on any atom is -0.340 e. The van der Waals surface area contributed by atoms with Crippen LogP contribution in [0.15, 0.2) is 24.3 Å². The fraction of sp³-hybridized carbons (Fsp3) is 0.556. The van der Waals surface area contributed by atoms with Crippen LogP contribution >= 0.6 is 24.8 Å². The zero-order valence-corrected chi connectivity index (χ0v) is 17.2. The number of rotatable bonds is 5. The molecule has 8 heteroatoms. The Bertz CT molecular complexity index is 590. The largest absolute Gasteiger partial charge is 0.340 e. The third-order valence-corrected chi connectivity index (χ3v) is 4.61. The molecule has 1 saturated heterocycles. The predicted molar refractivity (Wildman–Crippen MR) is 110 cm³/mol. The lowest BCUT2D eigenvalue weighted by Crippen LogP contribution is -2.47. The van der Waals surface area contributed by atoms with E-state index in [1.807, 2.05) is 36.1 Å². The number of hydrogen-bond acceptors (Lipinski definition) is 4. The number of carbonyl (C=O) groups excluding carboxylic acids is 2. The first kappa shape index (κ1) is 24.7. The Morgan fingerprint density at radius 2 is 1.77 bits per heavy atom. The Morgan fingerprint density at radius 3 is 2.35 bits per heavy atom. The smallest absolute Gasteiger partial charge is 0.228 e. The van der Waals surface area contributed by atoms with Crippen LogP contribution in [0.5, 0.6) is 0 Å². The fourth-order valence-corrected chi connectivity index (χ4v) is 2.60. The third kappa shape index (κ3) is 7.11. The highest BCUT2D eigenvalue weighted by Gasteiger charge is 2.20. The molecule has 1 aliphatic heterocycles. The molecule has 148 valence electrons. The van der Waals surface area contributed by atoms with Crippen molar-refractivity contribution in [3.05, 3.63) is 29.8 Å². The quantitative estimate of drug-likeness (QED) is 0.783.